The van der Waals surface area contributed by atoms with Crippen molar-refractivity contribution in [1.82, 2.24) is 35.4 Å². The molecule has 0 bridgehead atoms. The molecule has 2 aromatic heterocycles. The summed E-state index contributed by atoms with van der Waals surface area (Å²) >= 11 is 7.71. The highest BCUT2D eigenvalue weighted by molar-refractivity contribution is 7.13. The van der Waals surface area contributed by atoms with E-state index in [1.807, 2.05) is 48.8 Å². The smallest absolute Gasteiger partial charge is 0.258 e. The molecule has 2 saturated heterocycles. The number of piperidine rings is 1. The molecule has 5 N–H and O–H groups in total. The lowest BCUT2D eigenvalue weighted by atomic mass is 9.82. The summed E-state index contributed by atoms with van der Waals surface area (Å²) in [4.78, 5) is 58.7. The van der Waals surface area contributed by atoms with Crippen molar-refractivity contribution in [3.63, 3.8) is 0 Å². The molecule has 2 aromatic carbocycles. The van der Waals surface area contributed by atoms with Crippen LogP contribution < -0.4 is 35.5 Å². The third-order valence-electron chi connectivity index (χ3n) is 14.1. The Balaban J connectivity index is 0.819. The summed E-state index contributed by atoms with van der Waals surface area (Å²) in [6.07, 6.45) is 7.27. The molecular formula is C51H67ClFN9O7S. The van der Waals surface area contributed by atoms with Crippen LogP contribution in [0.4, 0.5) is 21.8 Å². The second-order valence-electron chi connectivity index (χ2n) is 20.4. The van der Waals surface area contributed by atoms with Crippen molar-refractivity contribution in [2.45, 2.75) is 122 Å². The molecule has 4 fully saturated rings. The first-order valence-corrected chi connectivity index (χ1v) is 25.7. The Hall–Kier alpha value is -5.30. The van der Waals surface area contributed by atoms with Gasteiger partial charge in [-0.2, -0.15) is 4.98 Å². The molecule has 70 heavy (non-hydrogen) atoms. The van der Waals surface area contributed by atoms with E-state index in [2.05, 4.69) is 41.1 Å². The van der Waals surface area contributed by atoms with Crippen LogP contribution in [0.2, 0.25) is 5.02 Å². The van der Waals surface area contributed by atoms with Gasteiger partial charge in [0.05, 0.1) is 47.8 Å². The van der Waals surface area contributed by atoms with Crippen molar-refractivity contribution in [1.29, 1.82) is 0 Å². The number of methoxy groups -OCH3 is 1. The molecule has 0 spiro atoms. The number of ether oxygens (including phenoxy) is 3. The Bertz CT molecular complexity index is 2490. The first kappa shape index (κ1) is 51.1. The Labute approximate surface area is 418 Å². The second kappa shape index (κ2) is 22.0. The molecule has 0 unspecified atom stereocenters. The Morgan fingerprint density at radius 3 is 2.43 bits per heavy atom. The van der Waals surface area contributed by atoms with Gasteiger partial charge in [0.25, 0.3) is 5.91 Å². The number of likely N-dealkylation sites (tertiary alicyclic amines) is 2. The van der Waals surface area contributed by atoms with Crippen molar-refractivity contribution in [3.05, 3.63) is 64.4 Å². The van der Waals surface area contributed by atoms with Gasteiger partial charge >= 0.3 is 0 Å². The maximum atomic E-state index is 14.7. The number of amides is 3. The third kappa shape index (κ3) is 12.4. The van der Waals surface area contributed by atoms with E-state index in [9.17, 15) is 23.9 Å². The zero-order valence-corrected chi connectivity index (χ0v) is 42.6. The van der Waals surface area contributed by atoms with E-state index < -0.39 is 47.0 Å². The quantitative estimate of drug-likeness (QED) is 0.0653. The van der Waals surface area contributed by atoms with Crippen molar-refractivity contribution < 1.29 is 38.1 Å². The number of nitrogens with one attached hydrogen (secondary N) is 4. The number of rotatable bonds is 18. The fourth-order valence-corrected chi connectivity index (χ4v) is 10.7. The number of aromatic nitrogens is 3. The minimum Gasteiger partial charge on any atom is -0.494 e. The lowest BCUT2D eigenvalue weighted by Gasteiger charge is -2.36. The zero-order chi connectivity index (χ0) is 49.7. The first-order valence-electron chi connectivity index (χ1n) is 24.5. The van der Waals surface area contributed by atoms with Crippen molar-refractivity contribution >= 4 is 58.1 Å². The molecule has 2 aliphatic heterocycles. The van der Waals surface area contributed by atoms with Crippen molar-refractivity contribution in [2.24, 2.45) is 17.3 Å². The Morgan fingerprint density at radius 1 is 1.01 bits per heavy atom. The molecule has 3 amide bonds. The van der Waals surface area contributed by atoms with E-state index in [1.165, 1.54) is 4.90 Å². The summed E-state index contributed by atoms with van der Waals surface area (Å²) in [5, 5.41) is 22.9. The van der Waals surface area contributed by atoms with Gasteiger partial charge in [-0.1, -0.05) is 44.5 Å². The molecule has 378 valence electrons. The molecule has 19 heteroatoms. The highest BCUT2D eigenvalue weighted by Crippen LogP contribution is 2.41. The lowest BCUT2D eigenvalue weighted by Crippen LogP contribution is -2.59. The van der Waals surface area contributed by atoms with Crippen LogP contribution >= 0.6 is 22.9 Å². The largest absolute Gasteiger partial charge is 0.494 e. The number of thiazole rings is 1. The normalized spacial score (nSPS) is 21.9. The summed E-state index contributed by atoms with van der Waals surface area (Å²) < 4.78 is 33.4. The maximum absolute atomic E-state index is 14.7. The molecule has 16 nitrogen and oxygen atoms in total. The van der Waals surface area contributed by atoms with Gasteiger partial charge < -0.3 is 50.4 Å². The molecule has 0 radical (unpaired) electrons. The van der Waals surface area contributed by atoms with Crippen LogP contribution in [0.15, 0.2) is 48.1 Å². The average Bonchev–Trinajstić information content (AvgIpc) is 3.75. The topological polar surface area (TPSA) is 192 Å². The van der Waals surface area contributed by atoms with Crippen molar-refractivity contribution in [2.75, 3.05) is 57.6 Å². The highest BCUT2D eigenvalue weighted by Gasteiger charge is 2.53. The minimum atomic E-state index is -1.96. The summed E-state index contributed by atoms with van der Waals surface area (Å²) in [5.41, 5.74) is 2.50. The number of benzene rings is 2. The summed E-state index contributed by atoms with van der Waals surface area (Å²) in [5.74, 6) is 2.21. The molecule has 2 saturated carbocycles. The van der Waals surface area contributed by atoms with E-state index in [0.717, 1.165) is 85.6 Å². The molecule has 4 aromatic rings. The third-order valence-corrected chi connectivity index (χ3v) is 15.3. The number of anilines is 3. The van der Waals surface area contributed by atoms with Crippen LogP contribution in [0.1, 0.15) is 89.8 Å². The Morgan fingerprint density at radius 2 is 1.76 bits per heavy atom. The summed E-state index contributed by atoms with van der Waals surface area (Å²) in [7, 11) is 3.37. The summed E-state index contributed by atoms with van der Waals surface area (Å²) in [6, 6.07) is 9.66. The standard InChI is InChI=1S/C51H67ClFN9O7S/c1-30-43(70-29-57-30)33-11-12-34(24-55-46(64)40-22-35(63)27-62(40)47(65)44(50(2,3)4)59-48(66)51(53)17-18-51)41(21-33)68-28-32-9-7-31(8-10-32)26-61-19-15-36(16-20-61)69-37-13-14-39(42(23-37)67-6)58-49-56-25-38(52)45(54-5)60-49/h11-14,21,23,25,29,31-32,35-36,40,44,63H,7-10,15-20,22,24,26-28H2,1-6H3,(H,55,64)(H,59,66)(H2,54,56,58,60)/t31?,32?,35-,40+,44-/m1/s1. The number of β-amino-alcohol motifs (C(OH)–C–C–N with tert-alkyl or cyclic N) is 1. The van der Waals surface area contributed by atoms with E-state index >= 15 is 0 Å². The number of aliphatic hydroxyl groups is 1. The number of hydrogen-bond acceptors (Lipinski definition) is 14. The van der Waals surface area contributed by atoms with Gasteiger partial charge in [0.1, 0.15) is 46.3 Å². The number of hydrogen-bond donors (Lipinski definition) is 5. The van der Waals surface area contributed by atoms with Crippen LogP contribution in [0.3, 0.4) is 0 Å². The molecular weight excluding hydrogens is 937 g/mol. The lowest BCUT2D eigenvalue weighted by molar-refractivity contribution is -0.145. The number of aliphatic hydroxyl groups excluding tert-OH is 1. The number of halogens is 2. The molecule has 2 aliphatic carbocycles. The van der Waals surface area contributed by atoms with E-state index in [0.29, 0.717) is 52.4 Å². The SMILES string of the molecule is CNc1nc(Nc2ccc(OC3CCN(CC4CCC(COc5cc(-c6scnc6C)ccc5CNC(=O)[C@@H]5C[C@@H](O)CN5C(=O)[C@@H](NC(=O)C5(F)CC5)C(C)(C)C)CC4)CC3)cc2OC)ncc1Cl. The van der Waals surface area contributed by atoms with Crippen LogP contribution in [-0.4, -0.2) is 124 Å². The zero-order valence-electron chi connectivity index (χ0n) is 41.0. The maximum Gasteiger partial charge on any atom is 0.258 e. The molecule has 8 rings (SSSR count). The fraction of sp³-hybridized carbons (Fsp3) is 0.569. The van der Waals surface area contributed by atoms with Gasteiger partial charge in [0.15, 0.2) is 5.67 Å². The van der Waals surface area contributed by atoms with Gasteiger partial charge in [-0.15, -0.1) is 11.3 Å². The summed E-state index contributed by atoms with van der Waals surface area (Å²) in [6.45, 7) is 11.0. The van der Waals surface area contributed by atoms with Gasteiger partial charge in [0.2, 0.25) is 17.8 Å². The average molecular weight is 1000 g/mol. The van der Waals surface area contributed by atoms with E-state index in [4.69, 9.17) is 25.8 Å². The Kier molecular flexibility index (Phi) is 16.0. The molecule has 3 atom stereocenters. The van der Waals surface area contributed by atoms with E-state index in [1.54, 1.807) is 52.5 Å². The number of alkyl halides is 1. The number of nitrogens with zero attached hydrogens (tertiary/aromatic N) is 5. The first-order chi connectivity index (χ1) is 33.5. The molecule has 4 aliphatic rings. The monoisotopic (exact) mass is 1000 g/mol. The van der Waals surface area contributed by atoms with Gasteiger partial charge in [-0.3, -0.25) is 14.4 Å². The minimum absolute atomic E-state index is 0.0456. The fourth-order valence-electron chi connectivity index (χ4n) is 9.70. The number of carbonyl (C=O) groups excluding carboxylic acids is 3. The predicted molar refractivity (Wildman–Crippen MR) is 269 cm³/mol. The predicted octanol–water partition coefficient (Wildman–Crippen LogP) is 7.70. The number of aryl methyl sites for hydroxylation is 1. The molecule has 4 heterocycles. The van der Waals surface area contributed by atoms with Gasteiger partial charge in [0, 0.05) is 57.8 Å². The van der Waals surface area contributed by atoms with Crippen LogP contribution in [0, 0.1) is 24.2 Å². The number of carbonyl (C=O) groups is 3. The van der Waals surface area contributed by atoms with Gasteiger partial charge in [-0.05, 0) is 99.3 Å². The van der Waals surface area contributed by atoms with Crippen LogP contribution in [-0.2, 0) is 20.9 Å². The van der Waals surface area contributed by atoms with Crippen LogP contribution in [0.25, 0.3) is 10.4 Å². The highest BCUT2D eigenvalue weighted by atomic mass is 35.5. The van der Waals surface area contributed by atoms with Crippen molar-refractivity contribution in [3.8, 4) is 27.7 Å². The second-order valence-corrected chi connectivity index (χ2v) is 21.6. The van der Waals surface area contributed by atoms with Crippen LogP contribution in [0.5, 0.6) is 17.2 Å². The van der Waals surface area contributed by atoms with E-state index in [-0.39, 0.29) is 38.5 Å². The van der Waals surface area contributed by atoms with Gasteiger partial charge in [-0.25, -0.2) is 14.4 Å².